The maximum atomic E-state index is 13.5. The van der Waals surface area contributed by atoms with Crippen LogP contribution in [-0.4, -0.2) is 22.5 Å². The first-order chi connectivity index (χ1) is 9.95. The van der Waals surface area contributed by atoms with Crippen LogP contribution in [-0.2, 0) is 4.74 Å². The van der Waals surface area contributed by atoms with Crippen LogP contribution in [0.15, 0.2) is 22.8 Å². The predicted octanol–water partition coefficient (Wildman–Crippen LogP) is 3.67. The Kier molecular flexibility index (Phi) is 4.62. The average Bonchev–Trinajstić information content (AvgIpc) is 2.45. The summed E-state index contributed by atoms with van der Waals surface area (Å²) in [6.45, 7) is 3.56. The molecule has 2 aromatic rings. The third-order valence-corrected chi connectivity index (χ3v) is 3.53. The normalized spacial score (nSPS) is 10.5. The maximum absolute atomic E-state index is 13.5. The molecule has 0 fully saturated rings. The first-order valence-electron chi connectivity index (χ1n) is 6.10. The lowest BCUT2D eigenvalue weighted by molar-refractivity contribution is 0.0524. The average molecular weight is 357 g/mol. The zero-order valence-corrected chi connectivity index (χ0v) is 12.9. The zero-order chi connectivity index (χ0) is 15.6. The molecule has 0 saturated carbocycles. The van der Waals surface area contributed by atoms with E-state index >= 15 is 0 Å². The Balaban J connectivity index is 2.46. The molecule has 0 atom stereocenters. The first kappa shape index (κ1) is 15.5. The van der Waals surface area contributed by atoms with Gasteiger partial charge in [-0.1, -0.05) is 0 Å². The summed E-state index contributed by atoms with van der Waals surface area (Å²) in [5, 5.41) is 0. The van der Waals surface area contributed by atoms with Crippen molar-refractivity contribution in [2.75, 3.05) is 6.61 Å². The molecule has 2 rings (SSSR count). The fourth-order valence-electron chi connectivity index (χ4n) is 1.70. The highest BCUT2D eigenvalue weighted by atomic mass is 79.9. The van der Waals surface area contributed by atoms with Gasteiger partial charge < -0.3 is 4.74 Å². The number of aryl methyl sites for hydroxylation is 1. The van der Waals surface area contributed by atoms with Crippen LogP contribution in [0.1, 0.15) is 23.0 Å². The van der Waals surface area contributed by atoms with Crippen LogP contribution < -0.4 is 0 Å². The molecule has 0 radical (unpaired) electrons. The van der Waals surface area contributed by atoms with E-state index in [0.717, 1.165) is 6.07 Å². The summed E-state index contributed by atoms with van der Waals surface area (Å²) < 4.78 is 31.4. The molecule has 110 valence electrons. The van der Waals surface area contributed by atoms with E-state index in [4.69, 9.17) is 4.74 Å². The van der Waals surface area contributed by atoms with Crippen molar-refractivity contribution in [2.24, 2.45) is 0 Å². The molecule has 7 heteroatoms. The van der Waals surface area contributed by atoms with Gasteiger partial charge in [-0.15, -0.1) is 0 Å². The van der Waals surface area contributed by atoms with Crippen molar-refractivity contribution in [3.05, 3.63) is 45.7 Å². The summed E-state index contributed by atoms with van der Waals surface area (Å²) in [5.74, 6) is -2.31. The quantitative estimate of drug-likeness (QED) is 0.621. The van der Waals surface area contributed by atoms with Crippen LogP contribution in [0.25, 0.3) is 11.4 Å². The molecule has 0 amide bonds. The number of benzene rings is 1. The Morgan fingerprint density at radius 3 is 2.71 bits per heavy atom. The van der Waals surface area contributed by atoms with E-state index in [9.17, 15) is 13.6 Å². The molecule has 1 aromatic carbocycles. The monoisotopic (exact) mass is 356 g/mol. The van der Waals surface area contributed by atoms with E-state index in [2.05, 4.69) is 25.9 Å². The highest BCUT2D eigenvalue weighted by Crippen LogP contribution is 2.29. The molecule has 0 aliphatic rings. The summed E-state index contributed by atoms with van der Waals surface area (Å²) in [6.07, 6.45) is 1.31. The molecular formula is C14H11BrF2N2O2. The van der Waals surface area contributed by atoms with Crippen molar-refractivity contribution in [3.63, 3.8) is 0 Å². The van der Waals surface area contributed by atoms with E-state index in [1.54, 1.807) is 13.8 Å². The standard InChI is InChI=1S/C14H11BrF2N2O2/c1-3-21-14(20)9-6-18-13(19-7(9)2)8-4-5-10(16)12(17)11(8)15/h4-6H,3H2,1-2H3. The van der Waals surface area contributed by atoms with Crippen molar-refractivity contribution in [3.8, 4) is 11.4 Å². The molecule has 0 bridgehead atoms. The van der Waals surface area contributed by atoms with Gasteiger partial charge in [-0.2, -0.15) is 0 Å². The molecule has 4 nitrogen and oxygen atoms in total. The number of esters is 1. The number of aromatic nitrogens is 2. The molecule has 1 heterocycles. The second-order valence-corrected chi connectivity index (χ2v) is 4.93. The Morgan fingerprint density at radius 2 is 2.10 bits per heavy atom. The minimum absolute atomic E-state index is 0.0641. The lowest BCUT2D eigenvalue weighted by Gasteiger charge is -2.08. The number of halogens is 3. The number of carbonyl (C=O) groups excluding carboxylic acids is 1. The third kappa shape index (κ3) is 3.07. The van der Waals surface area contributed by atoms with Crippen molar-refractivity contribution in [1.29, 1.82) is 0 Å². The van der Waals surface area contributed by atoms with E-state index in [1.807, 2.05) is 0 Å². The molecule has 0 aliphatic carbocycles. The Morgan fingerprint density at radius 1 is 1.38 bits per heavy atom. The predicted molar refractivity (Wildman–Crippen MR) is 75.8 cm³/mol. The second kappa shape index (κ2) is 6.26. The minimum atomic E-state index is -1.01. The van der Waals surface area contributed by atoms with Crippen LogP contribution in [0.2, 0.25) is 0 Å². The van der Waals surface area contributed by atoms with Gasteiger partial charge in [-0.05, 0) is 41.9 Å². The highest BCUT2D eigenvalue weighted by molar-refractivity contribution is 9.10. The van der Waals surface area contributed by atoms with Gasteiger partial charge in [0.25, 0.3) is 0 Å². The van der Waals surface area contributed by atoms with Gasteiger partial charge in [0.15, 0.2) is 17.5 Å². The number of hydrogen-bond donors (Lipinski definition) is 0. The van der Waals surface area contributed by atoms with Gasteiger partial charge in [-0.25, -0.2) is 23.5 Å². The minimum Gasteiger partial charge on any atom is -0.462 e. The Labute approximate surface area is 128 Å². The van der Waals surface area contributed by atoms with Crippen LogP contribution in [0.3, 0.4) is 0 Å². The molecule has 0 saturated heterocycles. The largest absolute Gasteiger partial charge is 0.462 e. The summed E-state index contributed by atoms with van der Waals surface area (Å²) in [5.41, 5.74) is 0.932. The van der Waals surface area contributed by atoms with Gasteiger partial charge in [-0.3, -0.25) is 0 Å². The SMILES string of the molecule is CCOC(=O)c1cnc(-c2ccc(F)c(F)c2Br)nc1C. The van der Waals surface area contributed by atoms with Gasteiger partial charge in [0, 0.05) is 11.8 Å². The van der Waals surface area contributed by atoms with E-state index < -0.39 is 17.6 Å². The fourth-order valence-corrected chi connectivity index (χ4v) is 2.20. The lowest BCUT2D eigenvalue weighted by Crippen LogP contribution is -2.09. The third-order valence-electron chi connectivity index (χ3n) is 2.75. The molecule has 21 heavy (non-hydrogen) atoms. The van der Waals surface area contributed by atoms with Crippen molar-refractivity contribution in [1.82, 2.24) is 9.97 Å². The molecule has 1 aromatic heterocycles. The summed E-state index contributed by atoms with van der Waals surface area (Å²) in [7, 11) is 0. The van der Waals surface area contributed by atoms with Crippen LogP contribution >= 0.6 is 15.9 Å². The van der Waals surface area contributed by atoms with Crippen molar-refractivity contribution >= 4 is 21.9 Å². The van der Waals surface area contributed by atoms with E-state index in [0.29, 0.717) is 11.3 Å². The number of rotatable bonds is 3. The highest BCUT2D eigenvalue weighted by Gasteiger charge is 2.17. The number of nitrogens with zero attached hydrogens (tertiary/aromatic N) is 2. The van der Waals surface area contributed by atoms with Crippen LogP contribution in [0.5, 0.6) is 0 Å². The molecule has 0 spiro atoms. The number of carbonyl (C=O) groups is 1. The molecule has 0 N–H and O–H groups in total. The Bertz CT molecular complexity index is 708. The first-order valence-corrected chi connectivity index (χ1v) is 6.89. The molecule has 0 unspecified atom stereocenters. The Hall–Kier alpha value is -1.89. The van der Waals surface area contributed by atoms with Gasteiger partial charge >= 0.3 is 5.97 Å². The fraction of sp³-hybridized carbons (Fsp3) is 0.214. The smallest absolute Gasteiger partial charge is 0.341 e. The van der Waals surface area contributed by atoms with E-state index in [1.165, 1.54) is 12.3 Å². The van der Waals surface area contributed by atoms with Crippen molar-refractivity contribution in [2.45, 2.75) is 13.8 Å². The zero-order valence-electron chi connectivity index (χ0n) is 11.3. The van der Waals surface area contributed by atoms with Crippen molar-refractivity contribution < 1.29 is 18.3 Å². The van der Waals surface area contributed by atoms with Crippen LogP contribution in [0.4, 0.5) is 8.78 Å². The molecule has 0 aliphatic heterocycles. The maximum Gasteiger partial charge on any atom is 0.341 e. The topological polar surface area (TPSA) is 52.1 Å². The number of ether oxygens (including phenoxy) is 1. The van der Waals surface area contributed by atoms with Crippen LogP contribution in [0, 0.1) is 18.6 Å². The summed E-state index contributed by atoms with van der Waals surface area (Å²) in [4.78, 5) is 19.8. The number of hydrogen-bond acceptors (Lipinski definition) is 4. The molecular weight excluding hydrogens is 346 g/mol. The van der Waals surface area contributed by atoms with E-state index in [-0.39, 0.29) is 22.5 Å². The lowest BCUT2D eigenvalue weighted by atomic mass is 10.1. The van der Waals surface area contributed by atoms with Gasteiger partial charge in [0.05, 0.1) is 22.3 Å². The van der Waals surface area contributed by atoms with Gasteiger partial charge in [0.1, 0.15) is 0 Å². The summed E-state index contributed by atoms with van der Waals surface area (Å²) in [6, 6.07) is 2.36. The second-order valence-electron chi connectivity index (χ2n) is 4.14. The summed E-state index contributed by atoms with van der Waals surface area (Å²) >= 11 is 2.98. The van der Waals surface area contributed by atoms with Gasteiger partial charge in [0.2, 0.25) is 0 Å².